The summed E-state index contributed by atoms with van der Waals surface area (Å²) in [6.07, 6.45) is 1.98. The molecule has 0 aliphatic heterocycles. The van der Waals surface area contributed by atoms with Gasteiger partial charge in [-0.1, -0.05) is 6.08 Å². The van der Waals surface area contributed by atoms with Crippen molar-refractivity contribution in [3.8, 4) is 11.5 Å². The monoisotopic (exact) mass is 221 g/mol. The third kappa shape index (κ3) is 2.55. The highest BCUT2D eigenvalue weighted by atomic mass is 16.5. The fourth-order valence-electron chi connectivity index (χ4n) is 1.61. The summed E-state index contributed by atoms with van der Waals surface area (Å²) >= 11 is 0. The minimum atomic E-state index is 0.532. The lowest BCUT2D eigenvalue weighted by Gasteiger charge is -2.12. The normalized spacial score (nSPS) is 11.4. The van der Waals surface area contributed by atoms with E-state index in [1.165, 1.54) is 0 Å². The molecule has 0 fully saturated rings. The zero-order chi connectivity index (χ0) is 12.1. The van der Waals surface area contributed by atoms with Crippen molar-refractivity contribution in [2.75, 3.05) is 20.8 Å². The van der Waals surface area contributed by atoms with Crippen molar-refractivity contribution in [2.24, 2.45) is 5.73 Å². The number of methoxy groups -OCH3 is 2. The van der Waals surface area contributed by atoms with Gasteiger partial charge < -0.3 is 15.2 Å². The van der Waals surface area contributed by atoms with E-state index in [4.69, 9.17) is 15.2 Å². The molecule has 88 valence electrons. The first-order valence-corrected chi connectivity index (χ1v) is 5.23. The van der Waals surface area contributed by atoms with Crippen molar-refractivity contribution in [2.45, 2.75) is 13.8 Å². The van der Waals surface area contributed by atoms with E-state index in [2.05, 4.69) is 0 Å². The molecule has 0 heterocycles. The standard InChI is InChI=1S/C13H19NO2/c1-9(5-6-14)11-7-12(15-3)10(2)13(8-11)16-4/h5,7-8H,6,14H2,1-4H3/b9-5+. The van der Waals surface area contributed by atoms with Crippen LogP contribution in [0.5, 0.6) is 11.5 Å². The van der Waals surface area contributed by atoms with Crippen molar-refractivity contribution in [3.63, 3.8) is 0 Å². The maximum atomic E-state index is 5.50. The summed E-state index contributed by atoms with van der Waals surface area (Å²) in [7, 11) is 3.32. The van der Waals surface area contributed by atoms with Crippen LogP contribution in [-0.4, -0.2) is 20.8 Å². The summed E-state index contributed by atoms with van der Waals surface area (Å²) in [6, 6.07) is 4.00. The van der Waals surface area contributed by atoms with E-state index < -0.39 is 0 Å². The van der Waals surface area contributed by atoms with Crippen LogP contribution in [0, 0.1) is 6.92 Å². The second kappa shape index (κ2) is 5.56. The molecule has 3 heteroatoms. The first-order chi connectivity index (χ1) is 7.63. The van der Waals surface area contributed by atoms with Crippen LogP contribution in [0.15, 0.2) is 18.2 Å². The Kier molecular flexibility index (Phi) is 4.38. The molecule has 0 unspecified atom stereocenters. The Morgan fingerprint density at radius 1 is 1.25 bits per heavy atom. The Morgan fingerprint density at radius 2 is 1.75 bits per heavy atom. The smallest absolute Gasteiger partial charge is 0.126 e. The van der Waals surface area contributed by atoms with Gasteiger partial charge in [0.05, 0.1) is 14.2 Å². The Bertz CT molecular complexity index is 372. The number of ether oxygens (including phenoxy) is 2. The molecular weight excluding hydrogens is 202 g/mol. The Hall–Kier alpha value is -1.48. The summed E-state index contributed by atoms with van der Waals surface area (Å²) in [5.41, 5.74) is 8.71. The van der Waals surface area contributed by atoms with Gasteiger partial charge in [0.1, 0.15) is 11.5 Å². The van der Waals surface area contributed by atoms with Crippen LogP contribution in [0.25, 0.3) is 5.57 Å². The molecule has 1 aromatic rings. The second-order valence-electron chi connectivity index (χ2n) is 3.63. The maximum Gasteiger partial charge on any atom is 0.126 e. The molecule has 0 aliphatic carbocycles. The van der Waals surface area contributed by atoms with Crippen LogP contribution in [0.4, 0.5) is 0 Å². The highest BCUT2D eigenvalue weighted by Crippen LogP contribution is 2.32. The fourth-order valence-corrected chi connectivity index (χ4v) is 1.61. The molecule has 16 heavy (non-hydrogen) atoms. The van der Waals surface area contributed by atoms with Crippen molar-refractivity contribution in [3.05, 3.63) is 29.3 Å². The highest BCUT2D eigenvalue weighted by Gasteiger charge is 2.08. The van der Waals surface area contributed by atoms with Crippen molar-refractivity contribution >= 4 is 5.57 Å². The number of rotatable bonds is 4. The number of nitrogens with two attached hydrogens (primary N) is 1. The van der Waals surface area contributed by atoms with Gasteiger partial charge >= 0.3 is 0 Å². The minimum Gasteiger partial charge on any atom is -0.496 e. The molecular formula is C13H19NO2. The van der Waals surface area contributed by atoms with Gasteiger partial charge in [0.2, 0.25) is 0 Å². The molecule has 3 nitrogen and oxygen atoms in total. The zero-order valence-electron chi connectivity index (χ0n) is 10.3. The SMILES string of the molecule is COc1cc(/C(C)=C/CN)cc(OC)c1C. The van der Waals surface area contributed by atoms with E-state index in [-0.39, 0.29) is 0 Å². The average Bonchev–Trinajstić information content (AvgIpc) is 2.29. The van der Waals surface area contributed by atoms with E-state index in [9.17, 15) is 0 Å². The predicted octanol–water partition coefficient (Wildman–Crippen LogP) is 2.37. The van der Waals surface area contributed by atoms with E-state index in [1.807, 2.05) is 32.1 Å². The number of benzene rings is 1. The molecule has 0 spiro atoms. The van der Waals surface area contributed by atoms with Gasteiger partial charge in [-0.15, -0.1) is 0 Å². The fraction of sp³-hybridized carbons (Fsp3) is 0.385. The van der Waals surface area contributed by atoms with Crippen LogP contribution in [0.3, 0.4) is 0 Å². The van der Waals surface area contributed by atoms with Gasteiger partial charge in [0.25, 0.3) is 0 Å². The number of hydrogen-bond donors (Lipinski definition) is 1. The summed E-state index contributed by atoms with van der Waals surface area (Å²) in [4.78, 5) is 0. The topological polar surface area (TPSA) is 44.5 Å². The summed E-state index contributed by atoms with van der Waals surface area (Å²) in [5.74, 6) is 1.67. The van der Waals surface area contributed by atoms with Crippen LogP contribution in [0.1, 0.15) is 18.1 Å². The predicted molar refractivity (Wildman–Crippen MR) is 67.0 cm³/mol. The van der Waals surface area contributed by atoms with Gasteiger partial charge in [0.15, 0.2) is 0 Å². The Morgan fingerprint density at radius 3 is 2.12 bits per heavy atom. The van der Waals surface area contributed by atoms with Gasteiger partial charge in [-0.3, -0.25) is 0 Å². The van der Waals surface area contributed by atoms with Crippen LogP contribution >= 0.6 is 0 Å². The summed E-state index contributed by atoms with van der Waals surface area (Å²) in [5, 5.41) is 0. The molecule has 0 bridgehead atoms. The van der Waals surface area contributed by atoms with Gasteiger partial charge in [0, 0.05) is 12.1 Å². The second-order valence-corrected chi connectivity index (χ2v) is 3.63. The average molecular weight is 221 g/mol. The molecule has 0 aliphatic rings. The first-order valence-electron chi connectivity index (χ1n) is 5.23. The van der Waals surface area contributed by atoms with E-state index >= 15 is 0 Å². The van der Waals surface area contributed by atoms with Crippen molar-refractivity contribution in [1.82, 2.24) is 0 Å². The third-order valence-corrected chi connectivity index (χ3v) is 2.63. The lowest BCUT2D eigenvalue weighted by Crippen LogP contribution is -1.97. The van der Waals surface area contributed by atoms with Crippen LogP contribution < -0.4 is 15.2 Å². The van der Waals surface area contributed by atoms with E-state index in [1.54, 1.807) is 14.2 Å². The molecule has 2 N–H and O–H groups in total. The molecule has 0 amide bonds. The largest absolute Gasteiger partial charge is 0.496 e. The molecule has 0 atom stereocenters. The van der Waals surface area contributed by atoms with E-state index in [0.29, 0.717) is 6.54 Å². The highest BCUT2D eigenvalue weighted by molar-refractivity contribution is 5.68. The van der Waals surface area contributed by atoms with Crippen molar-refractivity contribution < 1.29 is 9.47 Å². The van der Waals surface area contributed by atoms with Gasteiger partial charge in [-0.05, 0) is 37.1 Å². The molecule has 0 saturated heterocycles. The lowest BCUT2D eigenvalue weighted by molar-refractivity contribution is 0.388. The molecule has 0 aromatic heterocycles. The molecule has 1 aromatic carbocycles. The van der Waals surface area contributed by atoms with Gasteiger partial charge in [-0.25, -0.2) is 0 Å². The van der Waals surface area contributed by atoms with Gasteiger partial charge in [-0.2, -0.15) is 0 Å². The first kappa shape index (κ1) is 12.6. The molecule has 0 radical (unpaired) electrons. The lowest BCUT2D eigenvalue weighted by atomic mass is 10.0. The quantitative estimate of drug-likeness (QED) is 0.849. The van der Waals surface area contributed by atoms with E-state index in [0.717, 1.165) is 28.2 Å². The summed E-state index contributed by atoms with van der Waals surface area (Å²) in [6.45, 7) is 4.53. The minimum absolute atomic E-state index is 0.532. The molecule has 0 saturated carbocycles. The Balaban J connectivity index is 3.27. The third-order valence-electron chi connectivity index (χ3n) is 2.63. The maximum absolute atomic E-state index is 5.50. The molecule has 1 rings (SSSR count). The van der Waals surface area contributed by atoms with Crippen LogP contribution in [0.2, 0.25) is 0 Å². The Labute approximate surface area is 96.9 Å². The zero-order valence-corrected chi connectivity index (χ0v) is 10.3. The van der Waals surface area contributed by atoms with Crippen LogP contribution in [-0.2, 0) is 0 Å². The number of hydrogen-bond acceptors (Lipinski definition) is 3. The van der Waals surface area contributed by atoms with Crippen molar-refractivity contribution in [1.29, 1.82) is 0 Å². The number of allylic oxidation sites excluding steroid dienone is 1. The summed E-state index contributed by atoms with van der Waals surface area (Å²) < 4.78 is 10.6.